The van der Waals surface area contributed by atoms with Crippen molar-refractivity contribution in [3.8, 4) is 0 Å². The zero-order valence-corrected chi connectivity index (χ0v) is 13.9. The fraction of sp³-hybridized carbons (Fsp3) is 0.571. The minimum Gasteiger partial charge on any atom is -0.374 e. The molecule has 0 saturated carbocycles. The first-order valence-electron chi connectivity index (χ1n) is 6.75. The Bertz CT molecular complexity index is 432. The molecule has 2 rings (SSSR count). The first-order valence-corrected chi connectivity index (χ1v) is 8.49. The van der Waals surface area contributed by atoms with Crippen molar-refractivity contribution >= 4 is 35.0 Å². The molecular weight excluding hydrogens is 315 g/mol. The lowest BCUT2D eigenvalue weighted by Crippen LogP contribution is -2.46. The van der Waals surface area contributed by atoms with Crippen molar-refractivity contribution in [2.24, 2.45) is 0 Å². The molecule has 20 heavy (non-hydrogen) atoms. The van der Waals surface area contributed by atoms with E-state index >= 15 is 0 Å². The molecule has 1 N–H and O–H groups in total. The van der Waals surface area contributed by atoms with E-state index in [1.165, 1.54) is 0 Å². The fourth-order valence-electron chi connectivity index (χ4n) is 2.21. The Labute approximate surface area is 134 Å². The molecule has 6 heteroatoms. The number of benzene rings is 1. The van der Waals surface area contributed by atoms with Crippen molar-refractivity contribution < 1.29 is 4.74 Å². The fourth-order valence-corrected chi connectivity index (χ4v) is 3.71. The van der Waals surface area contributed by atoms with Gasteiger partial charge in [-0.2, -0.15) is 0 Å². The van der Waals surface area contributed by atoms with Crippen LogP contribution < -0.4 is 5.32 Å². The number of likely N-dealkylation sites (N-methyl/N-ethyl adjacent to an activating group) is 1. The van der Waals surface area contributed by atoms with Gasteiger partial charge in [0, 0.05) is 41.8 Å². The quantitative estimate of drug-likeness (QED) is 0.808. The maximum Gasteiger partial charge on any atom is 0.0826 e. The van der Waals surface area contributed by atoms with Crippen molar-refractivity contribution in [1.82, 2.24) is 10.2 Å². The molecule has 0 radical (unpaired) electrons. The average molecular weight is 335 g/mol. The summed E-state index contributed by atoms with van der Waals surface area (Å²) in [4.78, 5) is 3.50. The van der Waals surface area contributed by atoms with E-state index in [0.29, 0.717) is 6.10 Å². The standard InChI is InChI=1S/C14H20Cl2N2OS/c1-17-9-12-10-18(4-6-19-12)5-7-20-14-8-11(15)2-3-13(14)16/h2-3,8,12,17H,4-7,9-10H2,1H3. The highest BCUT2D eigenvalue weighted by molar-refractivity contribution is 7.99. The molecule has 0 amide bonds. The minimum absolute atomic E-state index is 0.300. The van der Waals surface area contributed by atoms with Crippen molar-refractivity contribution in [1.29, 1.82) is 0 Å². The van der Waals surface area contributed by atoms with Gasteiger partial charge in [-0.15, -0.1) is 11.8 Å². The Morgan fingerprint density at radius 2 is 2.30 bits per heavy atom. The van der Waals surface area contributed by atoms with Gasteiger partial charge in [0.15, 0.2) is 0 Å². The molecule has 1 fully saturated rings. The number of rotatable bonds is 6. The highest BCUT2D eigenvalue weighted by Crippen LogP contribution is 2.29. The zero-order chi connectivity index (χ0) is 14.4. The molecule has 0 aromatic heterocycles. The summed E-state index contributed by atoms with van der Waals surface area (Å²) in [5.74, 6) is 1.01. The van der Waals surface area contributed by atoms with E-state index in [-0.39, 0.29) is 0 Å². The Morgan fingerprint density at radius 3 is 3.10 bits per heavy atom. The number of thioether (sulfide) groups is 1. The van der Waals surface area contributed by atoms with Gasteiger partial charge in [-0.3, -0.25) is 4.90 Å². The summed E-state index contributed by atoms with van der Waals surface area (Å²) in [6.45, 7) is 4.75. The molecule has 1 aromatic rings. The molecule has 1 heterocycles. The summed E-state index contributed by atoms with van der Waals surface area (Å²) in [5.41, 5.74) is 0. The van der Waals surface area contributed by atoms with Gasteiger partial charge in [-0.05, 0) is 25.2 Å². The Morgan fingerprint density at radius 1 is 1.45 bits per heavy atom. The van der Waals surface area contributed by atoms with Crippen LogP contribution in [0.25, 0.3) is 0 Å². The second-order valence-electron chi connectivity index (χ2n) is 4.77. The normalized spacial score (nSPS) is 20.2. The van der Waals surface area contributed by atoms with Crippen molar-refractivity contribution in [3.05, 3.63) is 28.2 Å². The molecule has 0 aliphatic carbocycles. The number of nitrogens with zero attached hydrogens (tertiary/aromatic N) is 1. The molecule has 1 aromatic carbocycles. The number of nitrogens with one attached hydrogen (secondary N) is 1. The van der Waals surface area contributed by atoms with E-state index in [1.807, 2.05) is 25.2 Å². The smallest absolute Gasteiger partial charge is 0.0826 e. The first-order chi connectivity index (χ1) is 9.69. The molecule has 1 saturated heterocycles. The number of hydrogen-bond acceptors (Lipinski definition) is 4. The van der Waals surface area contributed by atoms with Gasteiger partial charge in [0.05, 0.1) is 17.7 Å². The zero-order valence-electron chi connectivity index (χ0n) is 11.6. The van der Waals surface area contributed by atoms with Crippen molar-refractivity contribution in [3.63, 3.8) is 0 Å². The lowest BCUT2D eigenvalue weighted by Gasteiger charge is -2.32. The number of ether oxygens (including phenoxy) is 1. The molecule has 1 unspecified atom stereocenters. The van der Waals surface area contributed by atoms with E-state index in [1.54, 1.807) is 11.8 Å². The van der Waals surface area contributed by atoms with E-state index < -0.39 is 0 Å². The Hall–Kier alpha value is 0.0300. The summed E-state index contributed by atoms with van der Waals surface area (Å²) >= 11 is 13.9. The lowest BCUT2D eigenvalue weighted by molar-refractivity contribution is -0.0240. The predicted molar refractivity (Wildman–Crippen MR) is 87.3 cm³/mol. The van der Waals surface area contributed by atoms with E-state index in [4.69, 9.17) is 27.9 Å². The number of halogens is 2. The highest BCUT2D eigenvalue weighted by atomic mass is 35.5. The van der Waals surface area contributed by atoms with Crippen molar-refractivity contribution in [2.45, 2.75) is 11.0 Å². The maximum atomic E-state index is 6.16. The van der Waals surface area contributed by atoms with Crippen LogP contribution in [0, 0.1) is 0 Å². The third-order valence-electron chi connectivity index (χ3n) is 3.21. The van der Waals surface area contributed by atoms with Crippen LogP contribution >= 0.6 is 35.0 Å². The second kappa shape index (κ2) is 8.47. The van der Waals surface area contributed by atoms with E-state index in [0.717, 1.165) is 53.5 Å². The molecule has 1 aliphatic rings. The van der Waals surface area contributed by atoms with Crippen LogP contribution in [0.1, 0.15) is 0 Å². The summed E-state index contributed by atoms with van der Waals surface area (Å²) in [6.07, 6.45) is 0.300. The Kier molecular flexibility index (Phi) is 6.94. The predicted octanol–water partition coefficient (Wildman–Crippen LogP) is 3.01. The van der Waals surface area contributed by atoms with Crippen molar-refractivity contribution in [2.75, 3.05) is 45.6 Å². The van der Waals surface area contributed by atoms with Gasteiger partial charge >= 0.3 is 0 Å². The molecular formula is C14H20Cl2N2OS. The van der Waals surface area contributed by atoms with Crippen LogP contribution in [0.15, 0.2) is 23.1 Å². The molecule has 112 valence electrons. The number of morpholine rings is 1. The maximum absolute atomic E-state index is 6.16. The third kappa shape index (κ3) is 5.10. The van der Waals surface area contributed by atoms with Gasteiger partial charge in [-0.1, -0.05) is 23.2 Å². The topological polar surface area (TPSA) is 24.5 Å². The molecule has 0 spiro atoms. The second-order valence-corrected chi connectivity index (χ2v) is 6.75. The third-order valence-corrected chi connectivity index (χ3v) is 4.93. The number of hydrogen-bond donors (Lipinski definition) is 1. The Balaban J connectivity index is 1.76. The summed E-state index contributed by atoms with van der Waals surface area (Å²) in [6, 6.07) is 5.60. The van der Waals surface area contributed by atoms with Crippen LogP contribution in [0.5, 0.6) is 0 Å². The lowest BCUT2D eigenvalue weighted by atomic mass is 10.2. The molecule has 0 bridgehead atoms. The highest BCUT2D eigenvalue weighted by Gasteiger charge is 2.19. The average Bonchev–Trinajstić information content (AvgIpc) is 2.43. The van der Waals surface area contributed by atoms with Crippen LogP contribution in [0.3, 0.4) is 0 Å². The van der Waals surface area contributed by atoms with Crippen LogP contribution in [0.4, 0.5) is 0 Å². The van der Waals surface area contributed by atoms with Gasteiger partial charge in [0.1, 0.15) is 0 Å². The van der Waals surface area contributed by atoms with Crippen LogP contribution in [-0.2, 0) is 4.74 Å². The van der Waals surface area contributed by atoms with Gasteiger partial charge in [-0.25, -0.2) is 0 Å². The van der Waals surface area contributed by atoms with Crippen LogP contribution in [-0.4, -0.2) is 56.6 Å². The van der Waals surface area contributed by atoms with Gasteiger partial charge in [0.25, 0.3) is 0 Å². The van der Waals surface area contributed by atoms with E-state index in [9.17, 15) is 0 Å². The summed E-state index contributed by atoms with van der Waals surface area (Å²) in [5, 5.41) is 4.67. The largest absolute Gasteiger partial charge is 0.374 e. The molecule has 3 nitrogen and oxygen atoms in total. The first kappa shape index (κ1) is 16.4. The van der Waals surface area contributed by atoms with E-state index in [2.05, 4.69) is 10.2 Å². The minimum atomic E-state index is 0.300. The van der Waals surface area contributed by atoms with Gasteiger partial charge in [0.2, 0.25) is 0 Å². The molecule has 1 aliphatic heterocycles. The summed E-state index contributed by atoms with van der Waals surface area (Å²) < 4.78 is 5.70. The van der Waals surface area contributed by atoms with Gasteiger partial charge < -0.3 is 10.1 Å². The monoisotopic (exact) mass is 334 g/mol. The van der Waals surface area contributed by atoms with Crippen LogP contribution in [0.2, 0.25) is 10.0 Å². The summed E-state index contributed by atoms with van der Waals surface area (Å²) in [7, 11) is 1.96. The SMILES string of the molecule is CNCC1CN(CCSc2cc(Cl)ccc2Cl)CCO1. The molecule has 1 atom stereocenters.